The van der Waals surface area contributed by atoms with Gasteiger partial charge in [-0.3, -0.25) is 4.79 Å². The van der Waals surface area contributed by atoms with Crippen molar-refractivity contribution in [2.75, 3.05) is 37.7 Å². The highest BCUT2D eigenvalue weighted by Crippen LogP contribution is 2.23. The van der Waals surface area contributed by atoms with Crippen molar-refractivity contribution in [1.82, 2.24) is 9.21 Å². The van der Waals surface area contributed by atoms with Crippen LogP contribution < -0.4 is 0 Å². The summed E-state index contributed by atoms with van der Waals surface area (Å²) in [7, 11) is -6.87. The first-order valence-corrected chi connectivity index (χ1v) is 14.1. The van der Waals surface area contributed by atoms with Crippen molar-refractivity contribution in [2.24, 2.45) is 0 Å². The van der Waals surface area contributed by atoms with Gasteiger partial charge in [0.05, 0.1) is 22.0 Å². The Morgan fingerprint density at radius 1 is 1.19 bits per heavy atom. The number of carbonyl (C=O) groups excluding carboxylic acids is 2. The van der Waals surface area contributed by atoms with Gasteiger partial charge in [-0.25, -0.2) is 21.6 Å². The van der Waals surface area contributed by atoms with Gasteiger partial charge in [0.1, 0.15) is 0 Å². The van der Waals surface area contributed by atoms with Crippen molar-refractivity contribution in [3.8, 4) is 0 Å². The molecule has 1 atom stereocenters. The maximum atomic E-state index is 12.9. The number of hydrogen-bond acceptors (Lipinski definition) is 7. The van der Waals surface area contributed by atoms with Gasteiger partial charge in [-0.15, -0.1) is 0 Å². The molecule has 0 N–H and O–H groups in total. The van der Waals surface area contributed by atoms with Crippen molar-refractivity contribution < 1.29 is 31.2 Å². The van der Waals surface area contributed by atoms with E-state index < -0.39 is 44.4 Å². The molecule has 0 spiro atoms. The molecule has 1 amide bonds. The van der Waals surface area contributed by atoms with Gasteiger partial charge >= 0.3 is 5.97 Å². The van der Waals surface area contributed by atoms with E-state index in [4.69, 9.17) is 4.74 Å². The molecule has 2 fully saturated rings. The van der Waals surface area contributed by atoms with E-state index in [2.05, 4.69) is 0 Å². The van der Waals surface area contributed by atoms with E-state index >= 15 is 0 Å². The number of aryl methyl sites for hydroxylation is 1. The Balaban J connectivity index is 1.69. The minimum atomic E-state index is -3.71. The van der Waals surface area contributed by atoms with Gasteiger partial charge in [0.2, 0.25) is 10.0 Å². The molecule has 0 aliphatic carbocycles. The molecule has 1 aromatic carbocycles. The van der Waals surface area contributed by atoms with Crippen LogP contribution >= 0.6 is 0 Å². The van der Waals surface area contributed by atoms with Crippen LogP contribution in [0.15, 0.2) is 23.1 Å². The Bertz CT molecular complexity index is 1080. The first kappa shape index (κ1) is 24.7. The largest absolute Gasteiger partial charge is 0.452 e. The second kappa shape index (κ2) is 9.88. The molecule has 9 nitrogen and oxygen atoms in total. The third-order valence-electron chi connectivity index (χ3n) is 6.02. The lowest BCUT2D eigenvalue weighted by Gasteiger charge is -2.27. The van der Waals surface area contributed by atoms with Gasteiger partial charge in [-0.05, 0) is 50.8 Å². The molecule has 3 rings (SSSR count). The Hall–Kier alpha value is -1.98. The Morgan fingerprint density at radius 3 is 2.47 bits per heavy atom. The summed E-state index contributed by atoms with van der Waals surface area (Å²) in [5, 5.41) is 0. The summed E-state index contributed by atoms with van der Waals surface area (Å²) < 4.78 is 55.9. The van der Waals surface area contributed by atoms with Crippen LogP contribution in [-0.4, -0.2) is 81.7 Å². The first-order chi connectivity index (χ1) is 15.0. The number of carbonyl (C=O) groups is 2. The van der Waals surface area contributed by atoms with Crippen LogP contribution in [0.2, 0.25) is 0 Å². The smallest absolute Gasteiger partial charge is 0.338 e. The van der Waals surface area contributed by atoms with Gasteiger partial charge < -0.3 is 9.64 Å². The average molecular weight is 487 g/mol. The van der Waals surface area contributed by atoms with Gasteiger partial charge in [-0.1, -0.05) is 12.5 Å². The van der Waals surface area contributed by atoms with Crippen molar-refractivity contribution in [2.45, 2.75) is 50.5 Å². The van der Waals surface area contributed by atoms with Gasteiger partial charge in [-0.2, -0.15) is 4.31 Å². The number of sulfone groups is 1. The average Bonchev–Trinajstić information content (AvgIpc) is 3.12. The molecule has 1 aromatic rings. The van der Waals surface area contributed by atoms with Crippen LogP contribution in [0.4, 0.5) is 0 Å². The monoisotopic (exact) mass is 486 g/mol. The molecule has 2 heterocycles. The summed E-state index contributed by atoms with van der Waals surface area (Å²) >= 11 is 0. The molecule has 0 aromatic heterocycles. The topological polar surface area (TPSA) is 118 Å². The minimum Gasteiger partial charge on any atom is -0.452 e. The number of esters is 1. The summed E-state index contributed by atoms with van der Waals surface area (Å²) in [4.78, 5) is 26.7. The van der Waals surface area contributed by atoms with E-state index in [9.17, 15) is 26.4 Å². The molecule has 0 saturated carbocycles. The summed E-state index contributed by atoms with van der Waals surface area (Å²) in [5.41, 5.74) is 0.622. The number of piperidine rings is 1. The highest BCUT2D eigenvalue weighted by Gasteiger charge is 2.34. The third-order valence-corrected chi connectivity index (χ3v) is 9.66. The molecule has 178 valence electrons. The van der Waals surface area contributed by atoms with E-state index in [1.54, 1.807) is 19.9 Å². The van der Waals surface area contributed by atoms with Crippen molar-refractivity contribution in [3.63, 3.8) is 0 Å². The Morgan fingerprint density at radius 2 is 1.88 bits per heavy atom. The first-order valence-electron chi connectivity index (χ1n) is 10.8. The second-order valence-electron chi connectivity index (χ2n) is 8.25. The fourth-order valence-electron chi connectivity index (χ4n) is 4.18. The van der Waals surface area contributed by atoms with Crippen LogP contribution in [0.25, 0.3) is 0 Å². The number of amides is 1. The minimum absolute atomic E-state index is 0.0228. The normalized spacial score (nSPS) is 21.2. The summed E-state index contributed by atoms with van der Waals surface area (Å²) in [6, 6.07) is 3.90. The molecule has 0 bridgehead atoms. The summed E-state index contributed by atoms with van der Waals surface area (Å²) in [6.45, 7) is 4.08. The zero-order chi connectivity index (χ0) is 23.5. The number of likely N-dealkylation sites (N-methyl/N-ethyl adjacent to an activating group) is 1. The second-order valence-corrected chi connectivity index (χ2v) is 12.4. The van der Waals surface area contributed by atoms with E-state index in [1.165, 1.54) is 21.3 Å². The fourth-order valence-corrected chi connectivity index (χ4v) is 7.46. The molecule has 2 saturated heterocycles. The maximum absolute atomic E-state index is 12.9. The lowest BCUT2D eigenvalue weighted by molar-refractivity contribution is -0.136. The molecular weight excluding hydrogens is 456 g/mol. The van der Waals surface area contributed by atoms with Crippen LogP contribution in [-0.2, 0) is 29.4 Å². The lowest BCUT2D eigenvalue weighted by Crippen LogP contribution is -2.43. The van der Waals surface area contributed by atoms with Crippen molar-refractivity contribution >= 4 is 31.7 Å². The zero-order valence-electron chi connectivity index (χ0n) is 18.4. The summed E-state index contributed by atoms with van der Waals surface area (Å²) in [6.07, 6.45) is 2.97. The predicted molar refractivity (Wildman–Crippen MR) is 119 cm³/mol. The number of ether oxygens (including phenoxy) is 1. The van der Waals surface area contributed by atoms with Crippen LogP contribution in [0.1, 0.15) is 48.5 Å². The van der Waals surface area contributed by atoms with Gasteiger partial charge in [0, 0.05) is 25.7 Å². The molecule has 1 unspecified atom stereocenters. The lowest BCUT2D eigenvalue weighted by atomic mass is 10.1. The number of hydrogen-bond donors (Lipinski definition) is 0. The predicted octanol–water partition coefficient (Wildman–Crippen LogP) is 1.36. The Labute approximate surface area is 189 Å². The maximum Gasteiger partial charge on any atom is 0.338 e. The van der Waals surface area contributed by atoms with Gasteiger partial charge in [0.25, 0.3) is 5.91 Å². The van der Waals surface area contributed by atoms with Crippen LogP contribution in [0.5, 0.6) is 0 Å². The summed E-state index contributed by atoms with van der Waals surface area (Å²) in [5.74, 6) is -1.31. The quantitative estimate of drug-likeness (QED) is 0.534. The van der Waals surface area contributed by atoms with Crippen LogP contribution in [0, 0.1) is 6.92 Å². The zero-order valence-corrected chi connectivity index (χ0v) is 20.1. The van der Waals surface area contributed by atoms with Crippen molar-refractivity contribution in [3.05, 3.63) is 29.3 Å². The van der Waals surface area contributed by atoms with E-state index in [0.717, 1.165) is 19.3 Å². The van der Waals surface area contributed by atoms with E-state index in [1.807, 2.05) is 0 Å². The molecular formula is C21H30N2O7S2. The number of rotatable bonds is 7. The highest BCUT2D eigenvalue weighted by molar-refractivity contribution is 7.91. The molecule has 2 aliphatic rings. The number of benzene rings is 1. The molecule has 2 aliphatic heterocycles. The van der Waals surface area contributed by atoms with E-state index in [-0.39, 0.29) is 22.0 Å². The SMILES string of the molecule is CCN(C(=O)COC(=O)c1cc(S(=O)(=O)N2CCCCC2)ccc1C)C1CCS(=O)(=O)C1. The molecule has 32 heavy (non-hydrogen) atoms. The fraction of sp³-hybridized carbons (Fsp3) is 0.619. The Kier molecular flexibility index (Phi) is 7.61. The third kappa shape index (κ3) is 5.49. The highest BCUT2D eigenvalue weighted by atomic mass is 32.2. The van der Waals surface area contributed by atoms with Crippen molar-refractivity contribution in [1.29, 1.82) is 0 Å². The number of nitrogens with zero attached hydrogens (tertiary/aromatic N) is 2. The number of sulfonamides is 1. The molecule has 11 heteroatoms. The van der Waals surface area contributed by atoms with Gasteiger partial charge in [0.15, 0.2) is 16.4 Å². The standard InChI is InChI=1S/C21H30N2O7S2/c1-3-23(17-9-12-31(26,27)15-17)20(24)14-30-21(25)19-13-18(8-7-16(19)2)32(28,29)22-10-5-4-6-11-22/h7-8,13,17H,3-6,9-12,14-15H2,1-2H3. The van der Waals surface area contributed by atoms with E-state index in [0.29, 0.717) is 31.6 Å². The van der Waals surface area contributed by atoms with Crippen LogP contribution in [0.3, 0.4) is 0 Å². The molecule has 0 radical (unpaired) electrons.